The van der Waals surface area contributed by atoms with E-state index in [0.717, 1.165) is 5.32 Å². The Morgan fingerprint density at radius 2 is 1.67 bits per heavy atom. The third-order valence-corrected chi connectivity index (χ3v) is 2.77. The maximum absolute atomic E-state index is 2.62. The second kappa shape index (κ2) is 3.30. The van der Waals surface area contributed by atoms with Gasteiger partial charge in [0.2, 0.25) is 0 Å². The number of fused-ring (bicyclic) bond motifs is 1. The Morgan fingerprint density at radius 3 is 2.50 bits per heavy atom. The van der Waals surface area contributed by atoms with Crippen LogP contribution in [0.2, 0.25) is 0 Å². The molecule has 2 aromatic carbocycles. The molecule has 0 N–H and O–H groups in total. The zero-order valence-corrected chi connectivity index (χ0v) is 8.57. The first-order chi connectivity index (χ1) is 5.92. The summed E-state index contributed by atoms with van der Waals surface area (Å²) in [6, 6.07) is 15.0. The fourth-order valence-corrected chi connectivity index (χ4v) is 2.01. The molecule has 0 aliphatic rings. The monoisotopic (exact) mass is 222 g/mol. The number of benzene rings is 2. The molecule has 0 unspecified atom stereocenters. The second-order valence-electron chi connectivity index (χ2n) is 2.80. The van der Waals surface area contributed by atoms with Gasteiger partial charge in [-0.1, -0.05) is 0 Å². The van der Waals surface area contributed by atoms with Gasteiger partial charge in [-0.05, 0) is 0 Å². The van der Waals surface area contributed by atoms with E-state index in [1.807, 2.05) is 0 Å². The Labute approximate surface area is 80.4 Å². The normalized spacial score (nSPS) is 10.4. The first-order valence-corrected chi connectivity index (χ1v) is 5.32. The topological polar surface area (TPSA) is 0 Å². The van der Waals surface area contributed by atoms with Gasteiger partial charge in [0.25, 0.3) is 0 Å². The average molecular weight is 221 g/mol. The molecule has 0 spiro atoms. The van der Waals surface area contributed by atoms with E-state index >= 15 is 0 Å². The molecule has 12 heavy (non-hydrogen) atoms. The number of hydrogen-bond acceptors (Lipinski definition) is 0. The van der Waals surface area contributed by atoms with Crippen LogP contribution in [-0.4, -0.2) is 16.0 Å². The Morgan fingerprint density at radius 1 is 0.917 bits per heavy atom. The van der Waals surface area contributed by atoms with Crippen LogP contribution in [0.4, 0.5) is 0 Å². The summed E-state index contributed by atoms with van der Waals surface area (Å²) in [6.07, 6.45) is 0. The molecule has 0 fully saturated rings. The fourth-order valence-electron chi connectivity index (χ4n) is 1.43. The number of rotatable bonds is 1. The molecular formula is C11H10Se. The first kappa shape index (κ1) is 7.85. The molecule has 60 valence electrons. The van der Waals surface area contributed by atoms with Gasteiger partial charge >= 0.3 is 80.1 Å². The van der Waals surface area contributed by atoms with Crippen molar-refractivity contribution in [2.75, 3.05) is 0 Å². The molecule has 0 atom stereocenters. The minimum atomic E-state index is 1.05. The van der Waals surface area contributed by atoms with Gasteiger partial charge in [-0.3, -0.25) is 0 Å². The van der Waals surface area contributed by atoms with Crippen molar-refractivity contribution in [3.8, 4) is 0 Å². The average Bonchev–Trinajstić information content (AvgIpc) is 2.17. The van der Waals surface area contributed by atoms with Gasteiger partial charge in [-0.2, -0.15) is 0 Å². The molecule has 0 radical (unpaired) electrons. The van der Waals surface area contributed by atoms with E-state index in [-0.39, 0.29) is 0 Å². The first-order valence-electron chi connectivity index (χ1n) is 3.99. The van der Waals surface area contributed by atoms with Crippen LogP contribution in [-0.2, 0) is 5.32 Å². The molecule has 0 saturated heterocycles. The van der Waals surface area contributed by atoms with E-state index in [1.54, 1.807) is 0 Å². The predicted octanol–water partition coefficient (Wildman–Crippen LogP) is 2.24. The van der Waals surface area contributed by atoms with Crippen molar-refractivity contribution in [3.05, 3.63) is 48.0 Å². The molecule has 0 saturated carbocycles. The van der Waals surface area contributed by atoms with Gasteiger partial charge in [0.05, 0.1) is 0 Å². The second-order valence-corrected chi connectivity index (χ2v) is 3.46. The quantitative estimate of drug-likeness (QED) is 0.648. The van der Waals surface area contributed by atoms with Gasteiger partial charge in [0.1, 0.15) is 0 Å². The van der Waals surface area contributed by atoms with Crippen molar-refractivity contribution in [3.63, 3.8) is 0 Å². The van der Waals surface area contributed by atoms with Crippen molar-refractivity contribution in [1.82, 2.24) is 0 Å². The molecule has 2 aromatic rings. The SMILES string of the molecule is [SeH]Cc1cccc2ccccc12. The summed E-state index contributed by atoms with van der Waals surface area (Å²) in [5.41, 5.74) is 1.41. The number of hydrogen-bond donors (Lipinski definition) is 0. The molecule has 0 aromatic heterocycles. The van der Waals surface area contributed by atoms with E-state index in [2.05, 4.69) is 58.5 Å². The van der Waals surface area contributed by atoms with E-state index < -0.39 is 0 Å². The van der Waals surface area contributed by atoms with Crippen molar-refractivity contribution in [1.29, 1.82) is 0 Å². The van der Waals surface area contributed by atoms with Gasteiger partial charge in [-0.25, -0.2) is 0 Å². The predicted molar refractivity (Wildman–Crippen MR) is 54.8 cm³/mol. The van der Waals surface area contributed by atoms with Gasteiger partial charge in [0.15, 0.2) is 0 Å². The molecule has 0 aliphatic carbocycles. The Hall–Kier alpha value is -0.781. The third-order valence-electron chi connectivity index (χ3n) is 2.05. The van der Waals surface area contributed by atoms with Gasteiger partial charge in [-0.15, -0.1) is 0 Å². The molecule has 0 heterocycles. The van der Waals surface area contributed by atoms with Crippen LogP contribution in [0.5, 0.6) is 0 Å². The van der Waals surface area contributed by atoms with Crippen molar-refractivity contribution in [2.24, 2.45) is 0 Å². The van der Waals surface area contributed by atoms with Crippen LogP contribution in [0.15, 0.2) is 42.5 Å². The summed E-state index contributed by atoms with van der Waals surface area (Å²) < 4.78 is 0. The van der Waals surface area contributed by atoms with E-state index in [0.29, 0.717) is 0 Å². The Bertz CT molecular complexity index is 388. The van der Waals surface area contributed by atoms with Gasteiger partial charge in [0, 0.05) is 0 Å². The molecule has 2 rings (SSSR count). The Kier molecular flexibility index (Phi) is 2.16. The van der Waals surface area contributed by atoms with Crippen molar-refractivity contribution >= 4 is 26.8 Å². The fraction of sp³-hybridized carbons (Fsp3) is 0.0909. The van der Waals surface area contributed by atoms with E-state index in [1.165, 1.54) is 16.3 Å². The molecular weight excluding hydrogens is 211 g/mol. The minimum absolute atomic E-state index is 1.05. The van der Waals surface area contributed by atoms with Crippen molar-refractivity contribution < 1.29 is 0 Å². The summed E-state index contributed by atoms with van der Waals surface area (Å²) in [6.45, 7) is 0. The molecule has 1 heteroatoms. The van der Waals surface area contributed by atoms with Gasteiger partial charge < -0.3 is 0 Å². The van der Waals surface area contributed by atoms with Crippen LogP contribution in [0.3, 0.4) is 0 Å². The van der Waals surface area contributed by atoms with E-state index in [4.69, 9.17) is 0 Å². The van der Waals surface area contributed by atoms with Crippen LogP contribution >= 0.6 is 0 Å². The van der Waals surface area contributed by atoms with E-state index in [9.17, 15) is 0 Å². The third kappa shape index (κ3) is 1.26. The molecule has 0 nitrogen and oxygen atoms in total. The summed E-state index contributed by atoms with van der Waals surface area (Å²) in [4.78, 5) is 0. The zero-order valence-electron chi connectivity index (χ0n) is 6.70. The van der Waals surface area contributed by atoms with Crippen LogP contribution in [0.1, 0.15) is 5.56 Å². The summed E-state index contributed by atoms with van der Waals surface area (Å²) in [5, 5.41) is 3.76. The maximum atomic E-state index is 2.62. The molecule has 0 bridgehead atoms. The Balaban J connectivity index is 2.79. The molecule has 0 amide bonds. The van der Waals surface area contributed by atoms with Crippen LogP contribution in [0, 0.1) is 0 Å². The standard InChI is InChI=1S/C11H10Se/c12-8-10-6-3-5-9-4-1-2-7-11(9)10/h1-7,12H,8H2. The zero-order chi connectivity index (χ0) is 8.39. The van der Waals surface area contributed by atoms with Crippen LogP contribution < -0.4 is 0 Å². The van der Waals surface area contributed by atoms with Crippen molar-refractivity contribution in [2.45, 2.75) is 5.32 Å². The molecule has 0 aliphatic heterocycles. The van der Waals surface area contributed by atoms with Crippen LogP contribution in [0.25, 0.3) is 10.8 Å². The summed E-state index contributed by atoms with van der Waals surface area (Å²) in [7, 11) is 0. The summed E-state index contributed by atoms with van der Waals surface area (Å²) >= 11 is 2.62. The summed E-state index contributed by atoms with van der Waals surface area (Å²) in [5.74, 6) is 0.